The molecule has 0 unspecified atom stereocenters. The van der Waals surface area contributed by atoms with E-state index in [-0.39, 0.29) is 0 Å². The predicted molar refractivity (Wildman–Crippen MR) is 70.4 cm³/mol. The minimum atomic E-state index is 0.323. The molecule has 0 aliphatic carbocycles. The van der Waals surface area contributed by atoms with Crippen LogP contribution in [-0.4, -0.2) is 5.16 Å². The fraction of sp³-hybridized carbons (Fsp3) is 0.250. The zero-order valence-corrected chi connectivity index (χ0v) is 10.8. The van der Waals surface area contributed by atoms with Crippen LogP contribution in [0.4, 0.5) is 5.82 Å². The molecule has 2 rings (SSSR count). The van der Waals surface area contributed by atoms with Crippen molar-refractivity contribution < 1.29 is 4.52 Å². The normalized spacial score (nSPS) is 10.8. The summed E-state index contributed by atoms with van der Waals surface area (Å²) in [6.45, 7) is 2.05. The molecule has 1 heterocycles. The predicted octanol–water partition coefficient (Wildman–Crippen LogP) is 4.18. The van der Waals surface area contributed by atoms with E-state index in [1.54, 1.807) is 18.2 Å². The van der Waals surface area contributed by atoms with E-state index in [2.05, 4.69) is 12.1 Å². The topological polar surface area (TPSA) is 52.0 Å². The summed E-state index contributed by atoms with van der Waals surface area (Å²) in [5, 5.41) is 4.87. The molecular formula is C12H12Cl2N2O. The Kier molecular flexibility index (Phi) is 3.60. The molecule has 0 saturated carbocycles. The van der Waals surface area contributed by atoms with Gasteiger partial charge in [-0.3, -0.25) is 0 Å². The van der Waals surface area contributed by atoms with E-state index in [9.17, 15) is 0 Å². The van der Waals surface area contributed by atoms with Crippen LogP contribution in [0.15, 0.2) is 22.7 Å². The summed E-state index contributed by atoms with van der Waals surface area (Å²) in [6, 6.07) is 5.33. The summed E-state index contributed by atoms with van der Waals surface area (Å²) in [5.74, 6) is 1.04. The van der Waals surface area contributed by atoms with Gasteiger partial charge in [-0.15, -0.1) is 0 Å². The second-order valence-electron chi connectivity index (χ2n) is 3.71. The van der Waals surface area contributed by atoms with E-state index in [4.69, 9.17) is 33.5 Å². The highest BCUT2D eigenvalue weighted by atomic mass is 35.5. The van der Waals surface area contributed by atoms with Gasteiger partial charge >= 0.3 is 0 Å². The second-order valence-corrected chi connectivity index (χ2v) is 4.53. The average molecular weight is 271 g/mol. The molecule has 0 aliphatic rings. The van der Waals surface area contributed by atoms with Gasteiger partial charge in [-0.25, -0.2) is 0 Å². The number of hydrogen-bond acceptors (Lipinski definition) is 3. The highest BCUT2D eigenvalue weighted by molar-refractivity contribution is 6.39. The number of nitrogen functional groups attached to an aromatic ring is 1. The Hall–Kier alpha value is -1.19. The number of nitrogens with zero attached hydrogens (tertiary/aromatic N) is 1. The van der Waals surface area contributed by atoms with Crippen molar-refractivity contribution >= 4 is 29.0 Å². The van der Waals surface area contributed by atoms with Gasteiger partial charge in [-0.1, -0.05) is 41.3 Å². The van der Waals surface area contributed by atoms with E-state index >= 15 is 0 Å². The molecule has 0 aliphatic heterocycles. The maximum atomic E-state index is 6.16. The lowest BCUT2D eigenvalue weighted by Gasteiger charge is -2.06. The first-order valence-electron chi connectivity index (χ1n) is 5.33. The van der Waals surface area contributed by atoms with E-state index in [1.807, 2.05) is 0 Å². The Balaban J connectivity index is 2.63. The first-order valence-corrected chi connectivity index (χ1v) is 6.09. The Morgan fingerprint density at radius 2 is 1.88 bits per heavy atom. The maximum absolute atomic E-state index is 6.16. The molecule has 0 fully saturated rings. The minimum absolute atomic E-state index is 0.323. The largest absolute Gasteiger partial charge is 0.380 e. The molecule has 0 saturated heterocycles. The van der Waals surface area contributed by atoms with E-state index in [0.29, 0.717) is 27.0 Å². The highest BCUT2D eigenvalue weighted by Gasteiger charge is 2.19. The molecular weight excluding hydrogens is 259 g/mol. The van der Waals surface area contributed by atoms with Crippen LogP contribution in [0.25, 0.3) is 11.1 Å². The molecule has 90 valence electrons. The van der Waals surface area contributed by atoms with Gasteiger partial charge in [0.25, 0.3) is 0 Å². The van der Waals surface area contributed by atoms with Crippen LogP contribution in [0.5, 0.6) is 0 Å². The molecule has 0 spiro atoms. The molecule has 2 aromatic rings. The van der Waals surface area contributed by atoms with Gasteiger partial charge in [0, 0.05) is 12.0 Å². The van der Waals surface area contributed by atoms with Gasteiger partial charge in [0.05, 0.1) is 15.6 Å². The lowest BCUT2D eigenvalue weighted by molar-refractivity contribution is 0.385. The molecule has 1 aromatic heterocycles. The van der Waals surface area contributed by atoms with Crippen LogP contribution in [0.2, 0.25) is 10.0 Å². The van der Waals surface area contributed by atoms with Gasteiger partial charge in [-0.05, 0) is 18.6 Å². The molecule has 2 N–H and O–H groups in total. The van der Waals surface area contributed by atoms with Gasteiger partial charge in [0.1, 0.15) is 5.76 Å². The lowest BCUT2D eigenvalue weighted by Crippen LogP contribution is -1.92. The van der Waals surface area contributed by atoms with Crippen molar-refractivity contribution in [1.29, 1.82) is 0 Å². The third-order valence-electron chi connectivity index (χ3n) is 2.48. The molecule has 3 nitrogen and oxygen atoms in total. The fourth-order valence-electron chi connectivity index (χ4n) is 1.74. The zero-order chi connectivity index (χ0) is 12.4. The number of nitrogens with two attached hydrogens (primary N) is 1. The number of hydrogen-bond donors (Lipinski definition) is 1. The number of aromatic nitrogens is 1. The van der Waals surface area contributed by atoms with Gasteiger partial charge < -0.3 is 10.3 Å². The summed E-state index contributed by atoms with van der Waals surface area (Å²) in [5.41, 5.74) is 7.22. The van der Waals surface area contributed by atoms with Crippen LogP contribution in [-0.2, 0) is 6.42 Å². The summed E-state index contributed by atoms with van der Waals surface area (Å²) in [7, 11) is 0. The van der Waals surface area contributed by atoms with Crippen molar-refractivity contribution in [2.75, 3.05) is 5.73 Å². The van der Waals surface area contributed by atoms with Crippen LogP contribution < -0.4 is 5.73 Å². The minimum Gasteiger partial charge on any atom is -0.380 e. The standard InChI is InChI=1S/C12H12Cl2N2O/c1-2-4-9-11(12(15)16-17-9)10-7(13)5-3-6-8(10)14/h3,5-6H,2,4H2,1H3,(H2,15,16). The first kappa shape index (κ1) is 12.3. The van der Waals surface area contributed by atoms with Crippen molar-refractivity contribution in [1.82, 2.24) is 5.16 Å². The summed E-state index contributed by atoms with van der Waals surface area (Å²) in [4.78, 5) is 0. The summed E-state index contributed by atoms with van der Waals surface area (Å²) < 4.78 is 5.21. The van der Waals surface area contributed by atoms with E-state index in [1.165, 1.54) is 0 Å². The molecule has 0 atom stereocenters. The number of rotatable bonds is 3. The monoisotopic (exact) mass is 270 g/mol. The van der Waals surface area contributed by atoms with Crippen LogP contribution in [0, 0.1) is 0 Å². The van der Waals surface area contributed by atoms with E-state index in [0.717, 1.165) is 18.6 Å². The molecule has 0 bridgehead atoms. The Bertz CT molecular complexity index is 517. The molecule has 17 heavy (non-hydrogen) atoms. The van der Waals surface area contributed by atoms with Crippen LogP contribution in [0.3, 0.4) is 0 Å². The van der Waals surface area contributed by atoms with Gasteiger partial charge in [0.15, 0.2) is 5.82 Å². The highest BCUT2D eigenvalue weighted by Crippen LogP contribution is 2.39. The lowest BCUT2D eigenvalue weighted by atomic mass is 10.0. The third kappa shape index (κ3) is 2.26. The van der Waals surface area contributed by atoms with Crippen molar-refractivity contribution in [2.45, 2.75) is 19.8 Å². The Morgan fingerprint density at radius 1 is 1.24 bits per heavy atom. The van der Waals surface area contributed by atoms with Crippen molar-refractivity contribution in [3.63, 3.8) is 0 Å². The smallest absolute Gasteiger partial charge is 0.175 e. The maximum Gasteiger partial charge on any atom is 0.175 e. The first-order chi connectivity index (χ1) is 8.15. The number of aryl methyl sites for hydroxylation is 1. The number of anilines is 1. The average Bonchev–Trinajstić information content (AvgIpc) is 2.62. The second kappa shape index (κ2) is 4.98. The molecule has 0 radical (unpaired) electrons. The SMILES string of the molecule is CCCc1onc(N)c1-c1c(Cl)cccc1Cl. The zero-order valence-electron chi connectivity index (χ0n) is 9.34. The molecule has 1 aromatic carbocycles. The fourth-order valence-corrected chi connectivity index (χ4v) is 2.33. The van der Waals surface area contributed by atoms with Gasteiger partial charge in [0.2, 0.25) is 0 Å². The van der Waals surface area contributed by atoms with Crippen molar-refractivity contribution in [3.05, 3.63) is 34.0 Å². The van der Waals surface area contributed by atoms with E-state index < -0.39 is 0 Å². The number of benzene rings is 1. The Labute approximate surface area is 109 Å². The van der Waals surface area contributed by atoms with Crippen molar-refractivity contribution in [2.24, 2.45) is 0 Å². The Morgan fingerprint density at radius 3 is 2.47 bits per heavy atom. The molecule has 0 amide bonds. The number of halogens is 2. The van der Waals surface area contributed by atoms with Gasteiger partial charge in [-0.2, -0.15) is 0 Å². The quantitative estimate of drug-likeness (QED) is 0.910. The molecule has 5 heteroatoms. The van der Waals surface area contributed by atoms with Crippen molar-refractivity contribution in [3.8, 4) is 11.1 Å². The third-order valence-corrected chi connectivity index (χ3v) is 3.11. The van der Waals surface area contributed by atoms with Crippen LogP contribution >= 0.6 is 23.2 Å². The summed E-state index contributed by atoms with van der Waals surface area (Å²) in [6.07, 6.45) is 1.69. The summed E-state index contributed by atoms with van der Waals surface area (Å²) >= 11 is 12.3. The van der Waals surface area contributed by atoms with Crippen LogP contribution in [0.1, 0.15) is 19.1 Å².